The minimum Gasteiger partial charge on any atom is -0.314 e. The Hall–Kier alpha value is -0.670. The van der Waals surface area contributed by atoms with Crippen molar-refractivity contribution in [2.45, 2.75) is 25.3 Å². The van der Waals surface area contributed by atoms with Gasteiger partial charge in [-0.15, -0.1) is 0 Å². The van der Waals surface area contributed by atoms with Crippen LogP contribution in [0.5, 0.6) is 0 Å². The summed E-state index contributed by atoms with van der Waals surface area (Å²) in [5, 5.41) is 3.10. The summed E-state index contributed by atoms with van der Waals surface area (Å²) >= 11 is 5.57. The van der Waals surface area contributed by atoms with Gasteiger partial charge in [-0.25, -0.2) is 8.78 Å². The molecule has 1 saturated heterocycles. The van der Waals surface area contributed by atoms with Crippen LogP contribution < -0.4 is 5.32 Å². The second-order valence-electron chi connectivity index (χ2n) is 3.86. The second kappa shape index (κ2) is 4.45. The Morgan fingerprint density at radius 2 is 2.20 bits per heavy atom. The Morgan fingerprint density at radius 1 is 1.40 bits per heavy atom. The highest BCUT2D eigenvalue weighted by atomic mass is 35.5. The molecule has 0 amide bonds. The van der Waals surface area contributed by atoms with Gasteiger partial charge in [-0.2, -0.15) is 0 Å². The normalized spacial score (nSPS) is 20.9. The van der Waals surface area contributed by atoms with E-state index in [2.05, 4.69) is 5.32 Å². The molecule has 1 heterocycles. The van der Waals surface area contributed by atoms with Gasteiger partial charge in [-0.3, -0.25) is 0 Å². The fourth-order valence-electron chi connectivity index (χ4n) is 1.95. The number of benzene rings is 1. The van der Waals surface area contributed by atoms with E-state index >= 15 is 0 Å². The van der Waals surface area contributed by atoms with Gasteiger partial charge < -0.3 is 5.32 Å². The molecule has 1 N–H and O–H groups in total. The highest BCUT2D eigenvalue weighted by Gasteiger charge is 2.18. The third-order valence-corrected chi connectivity index (χ3v) is 2.97. The molecule has 1 nitrogen and oxygen atoms in total. The molecule has 1 fully saturated rings. The van der Waals surface area contributed by atoms with Gasteiger partial charge in [0, 0.05) is 6.04 Å². The van der Waals surface area contributed by atoms with Crippen molar-refractivity contribution in [2.75, 3.05) is 6.54 Å². The molecule has 0 spiro atoms. The molecule has 0 radical (unpaired) electrons. The van der Waals surface area contributed by atoms with E-state index < -0.39 is 11.6 Å². The zero-order chi connectivity index (χ0) is 10.8. The van der Waals surface area contributed by atoms with Crippen molar-refractivity contribution in [3.63, 3.8) is 0 Å². The minimum atomic E-state index is -0.494. The van der Waals surface area contributed by atoms with Crippen molar-refractivity contribution in [1.29, 1.82) is 0 Å². The number of hydrogen-bond acceptors (Lipinski definition) is 1. The predicted octanol–water partition coefficient (Wildman–Crippen LogP) is 2.91. The van der Waals surface area contributed by atoms with E-state index in [0.29, 0.717) is 12.0 Å². The molecule has 1 aromatic rings. The Balaban J connectivity index is 2.19. The highest BCUT2D eigenvalue weighted by molar-refractivity contribution is 6.30. The zero-order valence-corrected chi connectivity index (χ0v) is 8.95. The lowest BCUT2D eigenvalue weighted by molar-refractivity contribution is 0.549. The van der Waals surface area contributed by atoms with E-state index in [-0.39, 0.29) is 11.1 Å². The maximum atomic E-state index is 13.5. The fraction of sp³-hybridized carbons (Fsp3) is 0.455. The number of hydrogen-bond donors (Lipinski definition) is 1. The summed E-state index contributed by atoms with van der Waals surface area (Å²) in [4.78, 5) is 0. The van der Waals surface area contributed by atoms with Crippen LogP contribution in [0, 0.1) is 11.6 Å². The van der Waals surface area contributed by atoms with E-state index in [0.717, 1.165) is 25.5 Å². The van der Waals surface area contributed by atoms with Crippen LogP contribution in [-0.4, -0.2) is 12.6 Å². The monoisotopic (exact) mass is 231 g/mol. The lowest BCUT2D eigenvalue weighted by atomic mass is 10.0. The van der Waals surface area contributed by atoms with Crippen molar-refractivity contribution in [2.24, 2.45) is 0 Å². The molecule has 1 unspecified atom stereocenters. The molecule has 2 rings (SSSR count). The van der Waals surface area contributed by atoms with Crippen molar-refractivity contribution < 1.29 is 8.78 Å². The average Bonchev–Trinajstić information content (AvgIpc) is 2.66. The Labute approximate surface area is 92.4 Å². The molecular formula is C11H12ClF2N. The summed E-state index contributed by atoms with van der Waals surface area (Å²) in [5.41, 5.74) is 0.361. The van der Waals surface area contributed by atoms with Crippen molar-refractivity contribution >= 4 is 11.6 Å². The van der Waals surface area contributed by atoms with Gasteiger partial charge >= 0.3 is 0 Å². The van der Waals surface area contributed by atoms with E-state index in [4.69, 9.17) is 11.6 Å². The molecule has 15 heavy (non-hydrogen) atoms. The molecule has 1 aliphatic heterocycles. The minimum absolute atomic E-state index is 0.136. The van der Waals surface area contributed by atoms with E-state index in [1.807, 2.05) is 0 Å². The summed E-state index contributed by atoms with van der Waals surface area (Å²) in [6.45, 7) is 0.954. The third kappa shape index (κ3) is 2.47. The summed E-state index contributed by atoms with van der Waals surface area (Å²) in [5.74, 6) is -0.971. The van der Waals surface area contributed by atoms with Crippen LogP contribution in [0.15, 0.2) is 12.1 Å². The van der Waals surface area contributed by atoms with Gasteiger partial charge in [0.15, 0.2) is 0 Å². The molecule has 0 saturated carbocycles. The van der Waals surface area contributed by atoms with Gasteiger partial charge in [0.2, 0.25) is 0 Å². The average molecular weight is 232 g/mol. The van der Waals surface area contributed by atoms with Crippen LogP contribution in [0.25, 0.3) is 0 Å². The quantitative estimate of drug-likeness (QED) is 0.772. The van der Waals surface area contributed by atoms with Crippen LogP contribution >= 0.6 is 11.6 Å². The fourth-order valence-corrected chi connectivity index (χ4v) is 2.18. The van der Waals surface area contributed by atoms with Crippen LogP contribution in [-0.2, 0) is 6.42 Å². The van der Waals surface area contributed by atoms with Crippen molar-refractivity contribution in [1.82, 2.24) is 5.32 Å². The molecule has 4 heteroatoms. The summed E-state index contributed by atoms with van der Waals surface area (Å²) in [7, 11) is 0. The smallest absolute Gasteiger partial charge is 0.145 e. The standard InChI is InChI=1S/C11H12ClF2N/c12-10-6-8(13)4-7(11(10)14)5-9-2-1-3-15-9/h4,6,9,15H,1-3,5H2. The van der Waals surface area contributed by atoms with Gasteiger partial charge in [0.1, 0.15) is 11.6 Å². The first-order chi connectivity index (χ1) is 7.16. The topological polar surface area (TPSA) is 12.0 Å². The molecule has 1 atom stereocenters. The SMILES string of the molecule is Fc1cc(Cl)c(F)c(CC2CCCN2)c1. The van der Waals surface area contributed by atoms with Crippen molar-refractivity contribution in [3.05, 3.63) is 34.4 Å². The lowest BCUT2D eigenvalue weighted by Gasteiger charge is -2.11. The molecule has 1 aromatic carbocycles. The summed E-state index contributed by atoms with van der Waals surface area (Å²) in [6.07, 6.45) is 2.60. The first-order valence-electron chi connectivity index (χ1n) is 5.03. The van der Waals surface area contributed by atoms with E-state index in [9.17, 15) is 8.78 Å². The Bertz CT molecular complexity index is 362. The van der Waals surface area contributed by atoms with Crippen LogP contribution in [0.3, 0.4) is 0 Å². The van der Waals surface area contributed by atoms with Crippen LogP contribution in [0.1, 0.15) is 18.4 Å². The Kier molecular flexibility index (Phi) is 3.22. The van der Waals surface area contributed by atoms with Gasteiger partial charge in [-0.05, 0) is 43.5 Å². The highest BCUT2D eigenvalue weighted by Crippen LogP contribution is 2.22. The predicted molar refractivity (Wildman–Crippen MR) is 56.1 cm³/mol. The van der Waals surface area contributed by atoms with Crippen molar-refractivity contribution in [3.8, 4) is 0 Å². The second-order valence-corrected chi connectivity index (χ2v) is 4.27. The number of halogens is 3. The van der Waals surface area contributed by atoms with E-state index in [1.54, 1.807) is 0 Å². The summed E-state index contributed by atoms with van der Waals surface area (Å²) < 4.78 is 26.5. The summed E-state index contributed by atoms with van der Waals surface area (Å²) in [6, 6.07) is 2.47. The van der Waals surface area contributed by atoms with Gasteiger partial charge in [0.05, 0.1) is 5.02 Å². The maximum Gasteiger partial charge on any atom is 0.145 e. The largest absolute Gasteiger partial charge is 0.314 e. The molecule has 0 bridgehead atoms. The molecule has 0 aliphatic carbocycles. The molecular weight excluding hydrogens is 220 g/mol. The maximum absolute atomic E-state index is 13.5. The first-order valence-corrected chi connectivity index (χ1v) is 5.41. The van der Waals surface area contributed by atoms with Crippen LogP contribution in [0.4, 0.5) is 8.78 Å². The zero-order valence-electron chi connectivity index (χ0n) is 8.19. The Morgan fingerprint density at radius 3 is 2.87 bits per heavy atom. The first kappa shape index (κ1) is 10.8. The number of rotatable bonds is 2. The number of nitrogens with one attached hydrogen (secondary N) is 1. The molecule has 82 valence electrons. The van der Waals surface area contributed by atoms with E-state index in [1.165, 1.54) is 6.07 Å². The molecule has 1 aliphatic rings. The molecule has 0 aromatic heterocycles. The third-order valence-electron chi connectivity index (χ3n) is 2.70. The van der Waals surface area contributed by atoms with Gasteiger partial charge in [0.25, 0.3) is 0 Å². The lowest BCUT2D eigenvalue weighted by Crippen LogP contribution is -2.24. The van der Waals surface area contributed by atoms with Gasteiger partial charge in [-0.1, -0.05) is 11.6 Å². The van der Waals surface area contributed by atoms with Crippen LogP contribution in [0.2, 0.25) is 5.02 Å².